The first kappa shape index (κ1) is 11.4. The van der Waals surface area contributed by atoms with E-state index < -0.39 is 17.6 Å². The Bertz CT molecular complexity index is 156. The zero-order valence-electron chi connectivity index (χ0n) is 7.58. The van der Waals surface area contributed by atoms with Gasteiger partial charge in [0.15, 0.2) is 0 Å². The largest absolute Gasteiger partial charge is 0.481 e. The highest BCUT2D eigenvalue weighted by Crippen LogP contribution is 2.16. The van der Waals surface area contributed by atoms with E-state index in [4.69, 9.17) is 10.8 Å². The fraction of sp³-hybridized carbons (Fsp3) is 0.875. The fourth-order valence-corrected chi connectivity index (χ4v) is 1.10. The second kappa shape index (κ2) is 4.42. The van der Waals surface area contributed by atoms with Crippen molar-refractivity contribution in [2.24, 2.45) is 5.73 Å². The Morgan fingerprint density at radius 3 is 2.50 bits per heavy atom. The quantitative estimate of drug-likeness (QED) is 0.562. The molecule has 0 aliphatic heterocycles. The molecule has 4 heteroatoms. The topological polar surface area (TPSA) is 83.5 Å². The fourth-order valence-electron chi connectivity index (χ4n) is 1.10. The van der Waals surface area contributed by atoms with Gasteiger partial charge in [0.05, 0.1) is 12.5 Å². The van der Waals surface area contributed by atoms with Crippen LogP contribution in [-0.2, 0) is 4.79 Å². The SMILES string of the molecule is CCCC(C)(N)C(O)CC(=O)O. The van der Waals surface area contributed by atoms with Crippen LogP contribution in [0, 0.1) is 0 Å². The van der Waals surface area contributed by atoms with Crippen LogP contribution < -0.4 is 5.73 Å². The molecule has 12 heavy (non-hydrogen) atoms. The van der Waals surface area contributed by atoms with Gasteiger partial charge in [0, 0.05) is 5.54 Å². The average molecular weight is 175 g/mol. The van der Waals surface area contributed by atoms with Gasteiger partial charge in [-0.2, -0.15) is 0 Å². The van der Waals surface area contributed by atoms with E-state index in [-0.39, 0.29) is 6.42 Å². The number of carbonyl (C=O) groups is 1. The van der Waals surface area contributed by atoms with Gasteiger partial charge in [0.25, 0.3) is 0 Å². The predicted octanol–water partition coefficient (Wildman–Crippen LogP) is 0.340. The van der Waals surface area contributed by atoms with Gasteiger partial charge in [-0.25, -0.2) is 0 Å². The molecule has 0 aliphatic rings. The molecule has 2 unspecified atom stereocenters. The maximum Gasteiger partial charge on any atom is 0.306 e. The molecule has 4 nitrogen and oxygen atoms in total. The molecule has 0 saturated heterocycles. The van der Waals surface area contributed by atoms with E-state index in [1.165, 1.54) is 0 Å². The van der Waals surface area contributed by atoms with E-state index in [9.17, 15) is 9.90 Å². The second-order valence-electron chi connectivity index (χ2n) is 3.37. The summed E-state index contributed by atoms with van der Waals surface area (Å²) in [5.41, 5.74) is 4.92. The summed E-state index contributed by atoms with van der Waals surface area (Å²) in [6, 6.07) is 0. The Hall–Kier alpha value is -0.610. The molecular weight excluding hydrogens is 158 g/mol. The van der Waals surface area contributed by atoms with Crippen LogP contribution in [0.15, 0.2) is 0 Å². The first-order valence-electron chi connectivity index (χ1n) is 4.09. The summed E-state index contributed by atoms with van der Waals surface area (Å²) in [6.07, 6.45) is 0.216. The molecule has 4 N–H and O–H groups in total. The van der Waals surface area contributed by atoms with Gasteiger partial charge in [-0.05, 0) is 13.3 Å². The number of aliphatic carboxylic acids is 1. The minimum absolute atomic E-state index is 0.285. The van der Waals surface area contributed by atoms with E-state index >= 15 is 0 Å². The first-order chi connectivity index (χ1) is 5.40. The predicted molar refractivity (Wildman–Crippen MR) is 45.8 cm³/mol. The number of rotatable bonds is 5. The summed E-state index contributed by atoms with van der Waals surface area (Å²) < 4.78 is 0. The smallest absolute Gasteiger partial charge is 0.306 e. The lowest BCUT2D eigenvalue weighted by molar-refractivity contribution is -0.140. The molecule has 0 saturated carbocycles. The normalized spacial score (nSPS) is 18.3. The number of nitrogens with two attached hydrogens (primary N) is 1. The van der Waals surface area contributed by atoms with Gasteiger partial charge in [0.1, 0.15) is 0 Å². The molecule has 0 aliphatic carbocycles. The van der Waals surface area contributed by atoms with Crippen molar-refractivity contribution in [3.63, 3.8) is 0 Å². The monoisotopic (exact) mass is 175 g/mol. The third-order valence-electron chi connectivity index (χ3n) is 1.92. The minimum Gasteiger partial charge on any atom is -0.481 e. The maximum absolute atomic E-state index is 10.2. The van der Waals surface area contributed by atoms with Crippen LogP contribution >= 0.6 is 0 Å². The van der Waals surface area contributed by atoms with Gasteiger partial charge < -0.3 is 15.9 Å². The minimum atomic E-state index is -1.02. The van der Waals surface area contributed by atoms with E-state index in [0.717, 1.165) is 6.42 Å². The van der Waals surface area contributed by atoms with Crippen molar-refractivity contribution >= 4 is 5.97 Å². The van der Waals surface area contributed by atoms with Crippen LogP contribution in [0.4, 0.5) is 0 Å². The molecular formula is C8H17NO3. The highest BCUT2D eigenvalue weighted by atomic mass is 16.4. The average Bonchev–Trinajstić information content (AvgIpc) is 1.85. The van der Waals surface area contributed by atoms with Crippen molar-refractivity contribution in [2.45, 2.75) is 44.8 Å². The Labute approximate surface area is 72.4 Å². The highest BCUT2D eigenvalue weighted by molar-refractivity contribution is 5.67. The van der Waals surface area contributed by atoms with Crippen molar-refractivity contribution in [3.8, 4) is 0 Å². The first-order valence-corrected chi connectivity index (χ1v) is 4.09. The number of aliphatic hydroxyl groups is 1. The summed E-state index contributed by atoms with van der Waals surface area (Å²) in [4.78, 5) is 10.2. The Balaban J connectivity index is 4.04. The van der Waals surface area contributed by atoms with Crippen molar-refractivity contribution in [1.82, 2.24) is 0 Å². The Morgan fingerprint density at radius 1 is 1.67 bits per heavy atom. The van der Waals surface area contributed by atoms with Crippen molar-refractivity contribution < 1.29 is 15.0 Å². The number of hydrogen-bond donors (Lipinski definition) is 3. The van der Waals surface area contributed by atoms with Crippen molar-refractivity contribution in [2.75, 3.05) is 0 Å². The molecule has 0 aromatic rings. The van der Waals surface area contributed by atoms with Crippen LogP contribution in [0.1, 0.15) is 33.1 Å². The van der Waals surface area contributed by atoms with E-state index in [1.807, 2.05) is 6.92 Å². The molecule has 0 bridgehead atoms. The van der Waals surface area contributed by atoms with Gasteiger partial charge in [-0.1, -0.05) is 13.3 Å². The zero-order chi connectivity index (χ0) is 9.78. The molecule has 0 radical (unpaired) electrons. The molecule has 72 valence electrons. The van der Waals surface area contributed by atoms with E-state index in [1.54, 1.807) is 6.92 Å². The number of carboxylic acid groups (broad SMARTS) is 1. The summed E-state index contributed by atoms with van der Waals surface area (Å²) in [7, 11) is 0. The lowest BCUT2D eigenvalue weighted by Gasteiger charge is -2.28. The molecule has 0 aromatic carbocycles. The van der Waals surface area contributed by atoms with Crippen molar-refractivity contribution in [3.05, 3.63) is 0 Å². The molecule has 0 heterocycles. The molecule has 0 fully saturated rings. The number of carboxylic acids is 1. The number of hydrogen-bond acceptors (Lipinski definition) is 3. The van der Waals surface area contributed by atoms with Crippen LogP contribution in [-0.4, -0.2) is 27.8 Å². The van der Waals surface area contributed by atoms with Crippen LogP contribution in [0.5, 0.6) is 0 Å². The third kappa shape index (κ3) is 3.69. The van der Waals surface area contributed by atoms with Crippen LogP contribution in [0.25, 0.3) is 0 Å². The summed E-state index contributed by atoms with van der Waals surface area (Å²) in [6.45, 7) is 3.61. The maximum atomic E-state index is 10.2. The van der Waals surface area contributed by atoms with E-state index in [0.29, 0.717) is 6.42 Å². The van der Waals surface area contributed by atoms with Crippen molar-refractivity contribution in [1.29, 1.82) is 0 Å². The Kier molecular flexibility index (Phi) is 4.20. The molecule has 2 atom stereocenters. The zero-order valence-corrected chi connectivity index (χ0v) is 7.58. The highest BCUT2D eigenvalue weighted by Gasteiger charge is 2.28. The lowest BCUT2D eigenvalue weighted by Crippen LogP contribution is -2.48. The summed E-state index contributed by atoms with van der Waals surface area (Å²) >= 11 is 0. The van der Waals surface area contributed by atoms with Gasteiger partial charge >= 0.3 is 5.97 Å². The van der Waals surface area contributed by atoms with E-state index in [2.05, 4.69) is 0 Å². The standard InChI is InChI=1S/C8H17NO3/c1-3-4-8(2,9)6(10)5-7(11)12/h6,10H,3-5,9H2,1-2H3,(H,11,12). The second-order valence-corrected chi connectivity index (χ2v) is 3.37. The lowest BCUT2D eigenvalue weighted by atomic mass is 9.89. The van der Waals surface area contributed by atoms with Crippen LogP contribution in [0.2, 0.25) is 0 Å². The summed E-state index contributed by atoms with van der Waals surface area (Å²) in [5, 5.41) is 17.8. The van der Waals surface area contributed by atoms with Crippen LogP contribution in [0.3, 0.4) is 0 Å². The third-order valence-corrected chi connectivity index (χ3v) is 1.92. The van der Waals surface area contributed by atoms with Gasteiger partial charge in [-0.15, -0.1) is 0 Å². The summed E-state index contributed by atoms with van der Waals surface area (Å²) in [5.74, 6) is -1.02. The molecule has 0 aromatic heterocycles. The molecule has 0 rings (SSSR count). The Morgan fingerprint density at radius 2 is 2.17 bits per heavy atom. The molecule has 0 amide bonds. The number of aliphatic hydroxyl groups excluding tert-OH is 1. The molecule has 0 spiro atoms. The van der Waals surface area contributed by atoms with Gasteiger partial charge in [-0.3, -0.25) is 4.79 Å². The van der Waals surface area contributed by atoms with Gasteiger partial charge in [0.2, 0.25) is 0 Å².